The van der Waals surface area contributed by atoms with Gasteiger partial charge in [-0.15, -0.1) is 0 Å². The van der Waals surface area contributed by atoms with Gasteiger partial charge < -0.3 is 44.8 Å². The summed E-state index contributed by atoms with van der Waals surface area (Å²) < 4.78 is 17.7. The first-order chi connectivity index (χ1) is 21.9. The standard InChI is InChI=1S/C35H46O11/c1-18-11-21-12-22(32(41)42)13-25(28(21)29(38)27(18)19(2)37)45-33-30(39)31(40)35(43,26(16-36)46-33)9-5-20-14-34(7-3-4-8-34)15-23-17-44-10-6-24(20)23/h11-13,20,23-24,26,30-31,33,36,38-40,43H,3-10,14-17H2,1-2H3,(H,41,42)/t20-,23+,24+,26-,30-,31-,33-,35-/m1/s1. The number of carboxylic acids is 1. The predicted octanol–water partition coefficient (Wildman–Crippen LogP) is 3.71. The minimum Gasteiger partial charge on any atom is -0.506 e. The van der Waals surface area contributed by atoms with E-state index in [0.29, 0.717) is 36.3 Å². The number of aromatic hydroxyl groups is 1. The van der Waals surface area contributed by atoms with E-state index in [1.54, 1.807) is 13.0 Å². The number of Topliss-reactive ketones (excluding diaryl/α,β-unsaturated/α-hetero) is 1. The lowest BCUT2D eigenvalue weighted by Gasteiger charge is -2.51. The van der Waals surface area contributed by atoms with Crippen LogP contribution in [0.2, 0.25) is 0 Å². The number of aliphatic hydroxyl groups excluding tert-OH is 3. The second-order valence-electron chi connectivity index (χ2n) is 14.3. The Morgan fingerprint density at radius 3 is 2.52 bits per heavy atom. The Balaban J connectivity index is 1.26. The Hall–Kier alpha value is -2.80. The molecule has 0 unspecified atom stereocenters. The molecule has 11 nitrogen and oxygen atoms in total. The number of carbonyl (C=O) groups excluding carboxylic acids is 1. The number of ketones is 1. The van der Waals surface area contributed by atoms with Gasteiger partial charge in [-0.1, -0.05) is 18.9 Å². The molecule has 1 spiro atoms. The van der Waals surface area contributed by atoms with E-state index in [4.69, 9.17) is 14.2 Å². The summed E-state index contributed by atoms with van der Waals surface area (Å²) in [5.74, 6) is -1.11. The van der Waals surface area contributed by atoms with Crippen LogP contribution in [0.15, 0.2) is 18.2 Å². The third-order valence-corrected chi connectivity index (χ3v) is 11.5. The van der Waals surface area contributed by atoms with E-state index in [9.17, 15) is 40.2 Å². The predicted molar refractivity (Wildman–Crippen MR) is 166 cm³/mol. The molecule has 0 bridgehead atoms. The van der Waals surface area contributed by atoms with Crippen LogP contribution in [0.5, 0.6) is 11.5 Å². The highest BCUT2D eigenvalue weighted by atomic mass is 16.7. The van der Waals surface area contributed by atoms with Crippen LogP contribution in [-0.4, -0.2) is 92.4 Å². The van der Waals surface area contributed by atoms with Gasteiger partial charge in [-0.25, -0.2) is 4.79 Å². The summed E-state index contributed by atoms with van der Waals surface area (Å²) in [5, 5.41) is 66.0. The molecule has 2 aliphatic carbocycles. The summed E-state index contributed by atoms with van der Waals surface area (Å²) in [5.41, 5.74) is -1.42. The monoisotopic (exact) mass is 642 g/mol. The summed E-state index contributed by atoms with van der Waals surface area (Å²) >= 11 is 0. The Bertz CT molecular complexity index is 1480. The zero-order chi connectivity index (χ0) is 33.0. The third kappa shape index (κ3) is 5.79. The summed E-state index contributed by atoms with van der Waals surface area (Å²) in [4.78, 5) is 24.3. The summed E-state index contributed by atoms with van der Waals surface area (Å²) in [7, 11) is 0. The van der Waals surface area contributed by atoms with Crippen molar-refractivity contribution in [1.29, 1.82) is 0 Å². The maximum Gasteiger partial charge on any atom is 0.335 e. The maximum atomic E-state index is 12.3. The average molecular weight is 643 g/mol. The number of rotatable bonds is 8. The van der Waals surface area contributed by atoms with Gasteiger partial charge in [0.05, 0.1) is 23.1 Å². The molecule has 4 fully saturated rings. The van der Waals surface area contributed by atoms with Gasteiger partial charge in [-0.3, -0.25) is 4.79 Å². The molecule has 2 aliphatic heterocycles. The highest BCUT2D eigenvalue weighted by Crippen LogP contribution is 2.57. The smallest absolute Gasteiger partial charge is 0.335 e. The van der Waals surface area contributed by atoms with Gasteiger partial charge in [0.1, 0.15) is 35.4 Å². The zero-order valence-corrected chi connectivity index (χ0v) is 26.5. The minimum absolute atomic E-state index is 0.0247. The molecule has 8 atom stereocenters. The molecule has 252 valence electrons. The molecule has 2 saturated carbocycles. The lowest BCUT2D eigenvalue weighted by molar-refractivity contribution is -0.315. The van der Waals surface area contributed by atoms with Crippen LogP contribution in [0, 0.1) is 30.1 Å². The molecule has 6 rings (SSSR count). The van der Waals surface area contributed by atoms with E-state index in [1.807, 2.05) is 0 Å². The molecule has 0 radical (unpaired) electrons. The average Bonchev–Trinajstić information content (AvgIpc) is 3.46. The molecule has 2 heterocycles. The molecule has 2 aromatic carbocycles. The van der Waals surface area contributed by atoms with Gasteiger partial charge in [-0.2, -0.15) is 0 Å². The van der Waals surface area contributed by atoms with Crippen LogP contribution in [0.3, 0.4) is 0 Å². The number of aliphatic hydroxyl groups is 4. The number of aryl methyl sites for hydroxylation is 1. The number of phenolic OH excluding ortho intramolecular Hbond substituents is 1. The van der Waals surface area contributed by atoms with Gasteiger partial charge in [-0.05, 0) is 105 Å². The Morgan fingerprint density at radius 1 is 1.11 bits per heavy atom. The van der Waals surface area contributed by atoms with Crippen molar-refractivity contribution in [3.05, 3.63) is 34.9 Å². The van der Waals surface area contributed by atoms with Crippen molar-refractivity contribution < 1.29 is 54.4 Å². The normalized spacial score (nSPS) is 34.0. The first-order valence-electron chi connectivity index (χ1n) is 16.5. The maximum absolute atomic E-state index is 12.3. The first-order valence-corrected chi connectivity index (χ1v) is 16.5. The van der Waals surface area contributed by atoms with E-state index in [-0.39, 0.29) is 39.5 Å². The van der Waals surface area contributed by atoms with E-state index in [1.165, 1.54) is 45.1 Å². The van der Waals surface area contributed by atoms with Crippen molar-refractivity contribution in [1.82, 2.24) is 0 Å². The molecule has 2 saturated heterocycles. The Kier molecular flexibility index (Phi) is 9.12. The van der Waals surface area contributed by atoms with E-state index < -0.39 is 54.3 Å². The van der Waals surface area contributed by atoms with Crippen LogP contribution >= 0.6 is 0 Å². The van der Waals surface area contributed by atoms with Crippen LogP contribution in [0.4, 0.5) is 0 Å². The van der Waals surface area contributed by atoms with Gasteiger partial charge in [0.15, 0.2) is 5.78 Å². The summed E-state index contributed by atoms with van der Waals surface area (Å²) in [6, 6.07) is 4.01. The number of phenols is 1. The molecule has 0 aromatic heterocycles. The fourth-order valence-electron chi connectivity index (χ4n) is 9.27. The highest BCUT2D eigenvalue weighted by Gasteiger charge is 2.56. The number of carbonyl (C=O) groups is 2. The molecule has 46 heavy (non-hydrogen) atoms. The lowest BCUT2D eigenvalue weighted by Crippen LogP contribution is -2.68. The van der Waals surface area contributed by atoms with Gasteiger partial charge in [0.2, 0.25) is 6.29 Å². The van der Waals surface area contributed by atoms with Crippen molar-refractivity contribution in [3.8, 4) is 11.5 Å². The van der Waals surface area contributed by atoms with Crippen LogP contribution in [0.25, 0.3) is 10.8 Å². The van der Waals surface area contributed by atoms with Crippen LogP contribution < -0.4 is 4.74 Å². The molecule has 11 heteroatoms. The molecule has 0 amide bonds. The number of aromatic carboxylic acids is 1. The van der Waals surface area contributed by atoms with Crippen molar-refractivity contribution in [2.24, 2.45) is 23.2 Å². The molecule has 2 aromatic rings. The fourth-order valence-corrected chi connectivity index (χ4v) is 9.27. The number of hydrogen-bond acceptors (Lipinski definition) is 10. The Labute approximate surface area is 268 Å². The van der Waals surface area contributed by atoms with Crippen molar-refractivity contribution in [2.75, 3.05) is 19.8 Å². The van der Waals surface area contributed by atoms with Gasteiger partial charge >= 0.3 is 5.97 Å². The minimum atomic E-state index is -1.99. The second-order valence-corrected chi connectivity index (χ2v) is 14.3. The topological polar surface area (TPSA) is 183 Å². The van der Waals surface area contributed by atoms with Gasteiger partial charge in [0, 0.05) is 13.2 Å². The largest absolute Gasteiger partial charge is 0.506 e. The summed E-state index contributed by atoms with van der Waals surface area (Å²) in [6.07, 6.45) is 2.15. The molecular weight excluding hydrogens is 596 g/mol. The second kappa shape index (κ2) is 12.7. The van der Waals surface area contributed by atoms with Crippen molar-refractivity contribution >= 4 is 22.5 Å². The first kappa shape index (κ1) is 33.1. The van der Waals surface area contributed by atoms with Crippen LogP contribution in [-0.2, 0) is 9.47 Å². The molecular formula is C35H46O11. The van der Waals surface area contributed by atoms with Crippen molar-refractivity contribution in [2.45, 2.75) is 102 Å². The highest BCUT2D eigenvalue weighted by molar-refractivity contribution is 6.08. The third-order valence-electron chi connectivity index (χ3n) is 11.5. The quantitative estimate of drug-likeness (QED) is 0.231. The number of carboxylic acid groups (broad SMARTS) is 1. The molecule has 6 N–H and O–H groups in total. The summed E-state index contributed by atoms with van der Waals surface area (Å²) in [6.45, 7) is 3.68. The van der Waals surface area contributed by atoms with Crippen molar-refractivity contribution in [3.63, 3.8) is 0 Å². The zero-order valence-electron chi connectivity index (χ0n) is 26.5. The van der Waals surface area contributed by atoms with Gasteiger partial charge in [0.25, 0.3) is 0 Å². The number of hydrogen-bond donors (Lipinski definition) is 6. The number of ether oxygens (including phenoxy) is 3. The lowest BCUT2D eigenvalue weighted by atomic mass is 9.57. The van der Waals surface area contributed by atoms with E-state index in [2.05, 4.69) is 0 Å². The van der Waals surface area contributed by atoms with E-state index in [0.717, 1.165) is 25.5 Å². The fraction of sp³-hybridized carbons (Fsp3) is 0.657. The van der Waals surface area contributed by atoms with Crippen LogP contribution in [0.1, 0.15) is 91.0 Å². The molecule has 4 aliphatic rings. The number of fused-ring (bicyclic) bond motifs is 2. The Morgan fingerprint density at radius 2 is 1.85 bits per heavy atom. The SMILES string of the molecule is CC(=O)c1c(C)cc2cc(C(=O)O)cc(O[C@@H]3O[C@H](CO)[C@](O)(CC[C@@H]4CC5(CCCC5)C[C@H]5COCC[C@@H]45)[C@H](O)[C@H]3O)c2c1O. The number of benzene rings is 2. The van der Waals surface area contributed by atoms with E-state index >= 15 is 0 Å².